The number of halogens is 1. The molecule has 0 bridgehead atoms. The van der Waals surface area contributed by atoms with Crippen LogP contribution >= 0.6 is 11.6 Å². The number of rotatable bonds is 6. The predicted molar refractivity (Wildman–Crippen MR) is 114 cm³/mol. The van der Waals surface area contributed by atoms with E-state index in [4.69, 9.17) is 25.5 Å². The molecule has 0 spiro atoms. The molecule has 0 radical (unpaired) electrons. The summed E-state index contributed by atoms with van der Waals surface area (Å²) >= 11 is 6.53. The van der Waals surface area contributed by atoms with Gasteiger partial charge in [0, 0.05) is 24.5 Å². The molecular formula is C23H24ClNO4. The van der Waals surface area contributed by atoms with Crippen molar-refractivity contribution in [1.82, 2.24) is 4.90 Å². The zero-order chi connectivity index (χ0) is 20.4. The summed E-state index contributed by atoms with van der Waals surface area (Å²) in [6, 6.07) is 11.4. The summed E-state index contributed by atoms with van der Waals surface area (Å²) in [6.45, 7) is 3.85. The lowest BCUT2D eigenvalue weighted by atomic mass is 10.0. The van der Waals surface area contributed by atoms with Crippen LogP contribution in [-0.2, 0) is 19.5 Å². The van der Waals surface area contributed by atoms with Crippen LogP contribution in [0.15, 0.2) is 45.6 Å². The van der Waals surface area contributed by atoms with Gasteiger partial charge < -0.3 is 13.9 Å². The van der Waals surface area contributed by atoms with E-state index in [0.29, 0.717) is 36.2 Å². The second kappa shape index (κ2) is 8.47. The molecule has 0 fully saturated rings. The quantitative estimate of drug-likeness (QED) is 0.523. The van der Waals surface area contributed by atoms with Gasteiger partial charge in [-0.1, -0.05) is 37.1 Å². The van der Waals surface area contributed by atoms with Crippen LogP contribution in [0, 0.1) is 0 Å². The second-order valence-electron chi connectivity index (χ2n) is 7.35. The number of ether oxygens (including phenoxy) is 2. The van der Waals surface area contributed by atoms with Gasteiger partial charge in [-0.2, -0.15) is 0 Å². The van der Waals surface area contributed by atoms with Gasteiger partial charge in [0.1, 0.15) is 23.8 Å². The zero-order valence-electron chi connectivity index (χ0n) is 16.7. The molecule has 0 saturated carbocycles. The largest absolute Gasteiger partial charge is 0.497 e. The molecule has 1 aliphatic heterocycles. The molecule has 0 unspecified atom stereocenters. The van der Waals surface area contributed by atoms with Crippen molar-refractivity contribution in [3.05, 3.63) is 68.5 Å². The first-order chi connectivity index (χ1) is 14.1. The molecule has 152 valence electrons. The highest BCUT2D eigenvalue weighted by molar-refractivity contribution is 6.33. The van der Waals surface area contributed by atoms with Gasteiger partial charge in [0.05, 0.1) is 17.7 Å². The Morgan fingerprint density at radius 1 is 1.21 bits per heavy atom. The maximum Gasteiger partial charge on any atom is 0.336 e. The highest BCUT2D eigenvalue weighted by Gasteiger charge is 2.25. The van der Waals surface area contributed by atoms with Gasteiger partial charge in [0.2, 0.25) is 0 Å². The molecule has 2 heterocycles. The fourth-order valence-electron chi connectivity index (χ4n) is 3.76. The van der Waals surface area contributed by atoms with Crippen LogP contribution < -0.4 is 15.1 Å². The number of benzene rings is 2. The molecule has 6 heteroatoms. The third-order valence-electron chi connectivity index (χ3n) is 5.26. The molecule has 0 N–H and O–H groups in total. The van der Waals surface area contributed by atoms with Gasteiger partial charge in [-0.15, -0.1) is 0 Å². The first kappa shape index (κ1) is 19.8. The molecule has 3 aromatic rings. The van der Waals surface area contributed by atoms with E-state index >= 15 is 0 Å². The molecule has 0 saturated heterocycles. The number of unbranched alkanes of at least 4 members (excludes halogenated alkanes) is 1. The molecule has 5 nitrogen and oxygen atoms in total. The SMILES string of the molecule is CCCCc1cc(=O)oc2c3c(c(Cl)cc12)OCN(Cc1ccc(OC)cc1)C3. The Labute approximate surface area is 174 Å². The number of aryl methyl sites for hydroxylation is 1. The summed E-state index contributed by atoms with van der Waals surface area (Å²) in [6.07, 6.45) is 2.89. The van der Waals surface area contributed by atoms with Crippen molar-refractivity contribution < 1.29 is 13.9 Å². The molecule has 0 aliphatic carbocycles. The monoisotopic (exact) mass is 413 g/mol. The van der Waals surface area contributed by atoms with Crippen molar-refractivity contribution in [2.45, 2.75) is 39.3 Å². The lowest BCUT2D eigenvalue weighted by molar-refractivity contribution is 0.0890. The summed E-state index contributed by atoms with van der Waals surface area (Å²) in [5, 5.41) is 1.46. The average molecular weight is 414 g/mol. The van der Waals surface area contributed by atoms with Crippen molar-refractivity contribution in [2.75, 3.05) is 13.8 Å². The van der Waals surface area contributed by atoms with E-state index in [1.54, 1.807) is 13.2 Å². The molecule has 29 heavy (non-hydrogen) atoms. The Hall–Kier alpha value is -2.50. The maximum absolute atomic E-state index is 12.2. The molecular weight excluding hydrogens is 390 g/mol. The van der Waals surface area contributed by atoms with E-state index in [0.717, 1.165) is 47.1 Å². The highest BCUT2D eigenvalue weighted by atomic mass is 35.5. The average Bonchev–Trinajstić information content (AvgIpc) is 2.73. The van der Waals surface area contributed by atoms with E-state index in [1.807, 2.05) is 30.3 Å². The minimum Gasteiger partial charge on any atom is -0.497 e. The molecule has 0 amide bonds. The van der Waals surface area contributed by atoms with E-state index in [-0.39, 0.29) is 5.63 Å². The van der Waals surface area contributed by atoms with E-state index in [9.17, 15) is 4.79 Å². The normalized spacial score (nSPS) is 13.9. The summed E-state index contributed by atoms with van der Waals surface area (Å²) in [4.78, 5) is 14.4. The van der Waals surface area contributed by atoms with Crippen LogP contribution in [0.1, 0.15) is 36.5 Å². The second-order valence-corrected chi connectivity index (χ2v) is 7.75. The Morgan fingerprint density at radius 3 is 2.72 bits per heavy atom. The van der Waals surface area contributed by atoms with E-state index in [2.05, 4.69) is 11.8 Å². The van der Waals surface area contributed by atoms with Crippen LogP contribution in [-0.4, -0.2) is 18.7 Å². The number of methoxy groups -OCH3 is 1. The van der Waals surface area contributed by atoms with Crippen molar-refractivity contribution >= 4 is 22.6 Å². The number of fused-ring (bicyclic) bond motifs is 3. The third kappa shape index (κ3) is 4.11. The van der Waals surface area contributed by atoms with E-state index in [1.165, 1.54) is 0 Å². The number of hydrogen-bond donors (Lipinski definition) is 0. The molecule has 0 atom stereocenters. The summed E-state index contributed by atoms with van der Waals surface area (Å²) in [7, 11) is 1.65. The van der Waals surface area contributed by atoms with Crippen LogP contribution in [0.5, 0.6) is 11.5 Å². The van der Waals surface area contributed by atoms with E-state index < -0.39 is 0 Å². The van der Waals surface area contributed by atoms with Crippen LogP contribution in [0.25, 0.3) is 11.0 Å². The minimum absolute atomic E-state index is 0.333. The van der Waals surface area contributed by atoms with Crippen molar-refractivity contribution in [3.8, 4) is 11.5 Å². The van der Waals surface area contributed by atoms with Gasteiger partial charge in [0.15, 0.2) is 0 Å². The maximum atomic E-state index is 12.2. The Morgan fingerprint density at radius 2 is 2.00 bits per heavy atom. The van der Waals surface area contributed by atoms with Gasteiger partial charge in [-0.05, 0) is 42.2 Å². The molecule has 2 aromatic carbocycles. The van der Waals surface area contributed by atoms with Crippen molar-refractivity contribution in [1.29, 1.82) is 0 Å². The zero-order valence-corrected chi connectivity index (χ0v) is 17.4. The minimum atomic E-state index is -0.333. The summed E-state index contributed by atoms with van der Waals surface area (Å²) in [5.41, 5.74) is 3.22. The van der Waals surface area contributed by atoms with Crippen molar-refractivity contribution in [2.24, 2.45) is 0 Å². The molecule has 4 rings (SSSR count). The van der Waals surface area contributed by atoms with Crippen LogP contribution in [0.3, 0.4) is 0 Å². The smallest absolute Gasteiger partial charge is 0.336 e. The molecule has 1 aromatic heterocycles. The van der Waals surface area contributed by atoms with Gasteiger partial charge >= 0.3 is 5.63 Å². The highest BCUT2D eigenvalue weighted by Crippen LogP contribution is 2.39. The fraction of sp³-hybridized carbons (Fsp3) is 0.348. The number of hydrogen-bond acceptors (Lipinski definition) is 5. The predicted octanol–water partition coefficient (Wildman–Crippen LogP) is 5.15. The topological polar surface area (TPSA) is 51.9 Å². The van der Waals surface area contributed by atoms with Crippen LogP contribution in [0.4, 0.5) is 0 Å². The summed E-state index contributed by atoms with van der Waals surface area (Å²) in [5.74, 6) is 1.44. The first-order valence-corrected chi connectivity index (χ1v) is 10.2. The van der Waals surface area contributed by atoms with Gasteiger partial charge in [-0.25, -0.2) is 4.79 Å². The van der Waals surface area contributed by atoms with Crippen molar-refractivity contribution in [3.63, 3.8) is 0 Å². The standard InChI is InChI=1S/C23H24ClNO4/c1-3-4-5-16-10-21(26)29-22-18(16)11-20(24)23-19(22)13-25(14-28-23)12-15-6-8-17(27-2)9-7-15/h6-11H,3-5,12-14H2,1-2H3. The third-order valence-corrected chi connectivity index (χ3v) is 5.54. The van der Waals surface area contributed by atoms with Gasteiger partial charge in [0.25, 0.3) is 0 Å². The fourth-order valence-corrected chi connectivity index (χ4v) is 4.04. The Kier molecular flexibility index (Phi) is 5.79. The number of nitrogens with zero attached hydrogens (tertiary/aromatic N) is 1. The van der Waals surface area contributed by atoms with Gasteiger partial charge in [-0.3, -0.25) is 4.90 Å². The lowest BCUT2D eigenvalue weighted by Gasteiger charge is -2.30. The Bertz CT molecular complexity index is 1070. The Balaban J connectivity index is 1.69. The molecule has 1 aliphatic rings. The van der Waals surface area contributed by atoms with Crippen LogP contribution in [0.2, 0.25) is 5.02 Å². The first-order valence-electron chi connectivity index (χ1n) is 9.85. The lowest BCUT2D eigenvalue weighted by Crippen LogP contribution is -2.32. The summed E-state index contributed by atoms with van der Waals surface area (Å²) < 4.78 is 16.8.